The Balaban J connectivity index is 0.000000720. The largest absolute Gasteiger partial charge is 0.480 e. The maximum Gasteiger partial charge on any atom is 0.273 e. The van der Waals surface area contributed by atoms with Gasteiger partial charge in [-0.2, -0.15) is 11.6 Å². The number of benzene rings is 1. The van der Waals surface area contributed by atoms with E-state index in [0.717, 1.165) is 11.1 Å². The molecule has 0 saturated carbocycles. The number of rotatable bonds is 0. The van der Waals surface area contributed by atoms with Crippen LogP contribution in [0.2, 0.25) is 0 Å². The average molecular weight is 251 g/mol. The van der Waals surface area contributed by atoms with Gasteiger partial charge in [0, 0.05) is 32.7 Å². The van der Waals surface area contributed by atoms with Crippen LogP contribution in [0.3, 0.4) is 0 Å². The second-order valence-corrected chi connectivity index (χ2v) is 2.45. The van der Waals surface area contributed by atoms with Gasteiger partial charge in [-0.05, 0) is 0 Å². The summed E-state index contributed by atoms with van der Waals surface area (Å²) in [6.45, 7) is 0.408. The Morgan fingerprint density at radius 2 is 2.00 bits per heavy atom. The molecule has 1 aromatic rings. The minimum absolute atomic E-state index is 0. The van der Waals surface area contributed by atoms with Gasteiger partial charge in [-0.3, -0.25) is 4.79 Å². The van der Waals surface area contributed by atoms with Gasteiger partial charge >= 0.3 is 0 Å². The summed E-state index contributed by atoms with van der Waals surface area (Å²) in [6, 6.07) is 7.72. The molecule has 0 aromatic heterocycles. The van der Waals surface area contributed by atoms with Crippen molar-refractivity contribution in [3.05, 3.63) is 49.2 Å². The number of carbonyl (C=O) groups excluding carboxylic acids is 1. The minimum atomic E-state index is -0.247. The molecule has 0 unspecified atom stereocenters. The van der Waals surface area contributed by atoms with Gasteiger partial charge in [-0.15, -0.1) is 17.7 Å². The molecule has 0 saturated heterocycles. The summed E-state index contributed by atoms with van der Waals surface area (Å²) in [7, 11) is 0. The smallest absolute Gasteiger partial charge is 0.273 e. The topological polar surface area (TPSA) is 26.3 Å². The number of ether oxygens (including phenoxy) is 1. The molecule has 13 heavy (non-hydrogen) atoms. The summed E-state index contributed by atoms with van der Waals surface area (Å²) in [6.07, 6.45) is 1.51. The van der Waals surface area contributed by atoms with Crippen LogP contribution in [0.4, 0.5) is 0 Å². The van der Waals surface area contributed by atoms with Crippen LogP contribution < -0.4 is 0 Å². The zero-order valence-electron chi connectivity index (χ0n) is 7.49. The van der Waals surface area contributed by atoms with Crippen molar-refractivity contribution in [1.29, 1.82) is 0 Å². The van der Waals surface area contributed by atoms with E-state index in [0.29, 0.717) is 6.61 Å². The van der Waals surface area contributed by atoms with Crippen LogP contribution in [0.15, 0.2) is 24.3 Å². The monoisotopic (exact) mass is 251 g/mol. The Labute approximate surface area is 104 Å². The van der Waals surface area contributed by atoms with Crippen LogP contribution in [-0.2, 0) is 48.8 Å². The van der Waals surface area contributed by atoms with Crippen LogP contribution in [-0.4, -0.2) is 5.97 Å². The van der Waals surface area contributed by atoms with Gasteiger partial charge in [-0.25, -0.2) is 0 Å². The van der Waals surface area contributed by atoms with Gasteiger partial charge in [0.15, 0.2) is 0 Å². The number of cyclic esters (lactones) is 1. The zero-order valence-corrected chi connectivity index (χ0v) is 10.3. The molecule has 0 aliphatic carbocycles. The quantitative estimate of drug-likeness (QED) is 0.518. The first-order valence-electron chi connectivity index (χ1n) is 3.46. The van der Waals surface area contributed by atoms with Crippen molar-refractivity contribution in [3.8, 4) is 0 Å². The summed E-state index contributed by atoms with van der Waals surface area (Å²) < 4.78 is 4.81. The van der Waals surface area contributed by atoms with E-state index in [1.807, 2.05) is 24.3 Å². The van der Waals surface area contributed by atoms with E-state index in [-0.39, 0.29) is 46.1 Å². The first kappa shape index (κ1) is 12.7. The Hall–Kier alpha value is -0.336. The van der Waals surface area contributed by atoms with E-state index >= 15 is 0 Å². The summed E-state index contributed by atoms with van der Waals surface area (Å²) in [4.78, 5) is 10.7. The fourth-order valence-electron chi connectivity index (χ4n) is 1.12. The van der Waals surface area contributed by atoms with Crippen molar-refractivity contribution in [2.75, 3.05) is 0 Å². The molecule has 0 bridgehead atoms. The van der Waals surface area contributed by atoms with Crippen molar-refractivity contribution in [3.63, 3.8) is 0 Å². The SMILES string of the molecule is O=C1[CH-]c2ccccc2CO1.[CH3-].[Y]. The van der Waals surface area contributed by atoms with E-state index in [2.05, 4.69) is 0 Å². The summed E-state index contributed by atoms with van der Waals surface area (Å²) in [5.41, 5.74) is 2.05. The van der Waals surface area contributed by atoms with Gasteiger partial charge in [0.1, 0.15) is 0 Å². The molecule has 1 heterocycles. The van der Waals surface area contributed by atoms with Crippen molar-refractivity contribution in [2.45, 2.75) is 6.61 Å². The van der Waals surface area contributed by atoms with Gasteiger partial charge < -0.3 is 12.2 Å². The first-order valence-corrected chi connectivity index (χ1v) is 3.46. The molecule has 1 aliphatic heterocycles. The van der Waals surface area contributed by atoms with E-state index in [1.165, 1.54) is 6.42 Å². The third kappa shape index (κ3) is 2.82. The predicted octanol–water partition coefficient (Wildman–Crippen LogP) is 1.74. The van der Waals surface area contributed by atoms with Crippen LogP contribution in [0, 0.1) is 13.8 Å². The Morgan fingerprint density at radius 1 is 1.31 bits per heavy atom. The minimum Gasteiger partial charge on any atom is -0.480 e. The molecular weight excluding hydrogens is 241 g/mol. The van der Waals surface area contributed by atoms with Crippen molar-refractivity contribution in [2.24, 2.45) is 0 Å². The summed E-state index contributed by atoms with van der Waals surface area (Å²) >= 11 is 0. The second-order valence-electron chi connectivity index (χ2n) is 2.45. The normalized spacial score (nSPS) is 12.5. The number of hydrogen-bond acceptors (Lipinski definition) is 2. The fourth-order valence-corrected chi connectivity index (χ4v) is 1.12. The van der Waals surface area contributed by atoms with Crippen LogP contribution in [0.25, 0.3) is 0 Å². The molecule has 0 spiro atoms. The van der Waals surface area contributed by atoms with Crippen molar-refractivity contribution >= 4 is 5.97 Å². The van der Waals surface area contributed by atoms with Crippen molar-refractivity contribution < 1.29 is 42.2 Å². The molecule has 0 amide bonds. The zero-order chi connectivity index (χ0) is 7.68. The molecule has 2 nitrogen and oxygen atoms in total. The predicted molar refractivity (Wildman–Crippen MR) is 46.1 cm³/mol. The Morgan fingerprint density at radius 3 is 2.77 bits per heavy atom. The van der Waals surface area contributed by atoms with E-state index in [4.69, 9.17) is 4.74 Å². The van der Waals surface area contributed by atoms with Gasteiger partial charge in [0.25, 0.3) is 5.97 Å². The Kier molecular flexibility index (Phi) is 5.27. The summed E-state index contributed by atoms with van der Waals surface area (Å²) in [5.74, 6) is -0.247. The number of carbonyl (C=O) groups is 1. The van der Waals surface area contributed by atoms with Crippen molar-refractivity contribution in [1.82, 2.24) is 0 Å². The maximum atomic E-state index is 10.7. The first-order chi connectivity index (χ1) is 5.36. The van der Waals surface area contributed by atoms with Crippen LogP contribution in [0.5, 0.6) is 0 Å². The molecule has 2 rings (SSSR count). The summed E-state index contributed by atoms with van der Waals surface area (Å²) in [5, 5.41) is 0. The molecule has 0 N–H and O–H groups in total. The molecule has 1 aliphatic rings. The Bertz CT molecular complexity index is 297. The third-order valence-corrected chi connectivity index (χ3v) is 1.70. The number of esters is 1. The molecule has 0 fully saturated rings. The second kappa shape index (κ2) is 5.41. The molecular formula is C10H10O2Y-2. The van der Waals surface area contributed by atoms with Gasteiger partial charge in [0.2, 0.25) is 0 Å². The van der Waals surface area contributed by atoms with E-state index < -0.39 is 0 Å². The average Bonchev–Trinajstić information content (AvgIpc) is 2.04. The third-order valence-electron chi connectivity index (χ3n) is 1.70. The van der Waals surface area contributed by atoms with Crippen LogP contribution in [0.1, 0.15) is 11.1 Å². The van der Waals surface area contributed by atoms with E-state index in [9.17, 15) is 4.79 Å². The molecule has 1 radical (unpaired) electrons. The van der Waals surface area contributed by atoms with E-state index in [1.54, 1.807) is 0 Å². The fraction of sp³-hybridized carbons (Fsp3) is 0.100. The molecule has 67 valence electrons. The van der Waals surface area contributed by atoms with Gasteiger partial charge in [-0.1, -0.05) is 12.5 Å². The number of hydrogen-bond donors (Lipinski definition) is 0. The maximum absolute atomic E-state index is 10.7. The standard InChI is InChI=1S/C9H7O2.CH3.Y/c10-9-5-7-3-1-2-4-8(7)6-11-9;;/h1-5H,6H2;1H3;/q2*-1;. The van der Waals surface area contributed by atoms with Gasteiger partial charge in [0.05, 0.1) is 6.61 Å². The van der Waals surface area contributed by atoms with Crippen LogP contribution >= 0.6 is 0 Å². The molecule has 0 atom stereocenters. The number of fused-ring (bicyclic) bond motifs is 1. The molecule has 1 aromatic carbocycles. The molecule has 3 heteroatoms.